The van der Waals surface area contributed by atoms with Gasteiger partial charge in [0.2, 0.25) is 0 Å². The zero-order chi connectivity index (χ0) is 17.1. The van der Waals surface area contributed by atoms with Crippen LogP contribution in [0.1, 0.15) is 0 Å². The molecule has 0 saturated carbocycles. The third-order valence-corrected chi connectivity index (χ3v) is 4.35. The van der Waals surface area contributed by atoms with E-state index in [2.05, 4.69) is 0 Å². The molecule has 0 aromatic carbocycles. The Morgan fingerprint density at radius 2 is 1.78 bits per heavy atom. The van der Waals surface area contributed by atoms with Crippen LogP contribution in [0.5, 0.6) is 0 Å². The first-order chi connectivity index (χ1) is 10.9. The van der Waals surface area contributed by atoms with Crippen LogP contribution in [0.4, 0.5) is 0 Å². The average Bonchev–Trinajstić information content (AvgIpc) is 2.99. The van der Waals surface area contributed by atoms with Crippen LogP contribution in [0.2, 0.25) is 0 Å². The van der Waals surface area contributed by atoms with Crippen LogP contribution in [0.25, 0.3) is 0 Å². The van der Waals surface area contributed by atoms with E-state index in [1.807, 2.05) is 0 Å². The number of rotatable bonds is 7. The molecule has 0 aromatic rings. The van der Waals surface area contributed by atoms with Crippen molar-refractivity contribution in [3.05, 3.63) is 0 Å². The highest BCUT2D eigenvalue weighted by Gasteiger charge is 2.49. The third kappa shape index (κ3) is 3.93. The minimum atomic E-state index is -1.15. The third-order valence-electron chi connectivity index (χ3n) is 4.35. The summed E-state index contributed by atoms with van der Waals surface area (Å²) in [5.41, 5.74) is 0. The van der Waals surface area contributed by atoms with Crippen molar-refractivity contribution >= 4 is 21.4 Å². The standard InChI is InChI=1S/C12H22B3O8/c1-20-4-6-7(17)8(18)11(22-6)14-15(13)12-9(19)10(21-2)5(3-16)23-12/h5-12,16-19H,3-4H2,1-2H3/t5-,6-,7?,8+,9+,10?,11-,12-/m1/s1. The van der Waals surface area contributed by atoms with Crippen molar-refractivity contribution in [3.63, 3.8) is 0 Å². The molecule has 8 atom stereocenters. The van der Waals surface area contributed by atoms with Crippen LogP contribution in [0.15, 0.2) is 0 Å². The maximum absolute atomic E-state index is 10.2. The Bertz CT molecular complexity index is 378. The van der Waals surface area contributed by atoms with Crippen molar-refractivity contribution in [2.45, 2.75) is 48.6 Å². The lowest BCUT2D eigenvalue weighted by Gasteiger charge is -2.24. The van der Waals surface area contributed by atoms with Crippen molar-refractivity contribution in [1.82, 2.24) is 0 Å². The van der Waals surface area contributed by atoms with Crippen molar-refractivity contribution < 1.29 is 39.4 Å². The molecule has 3 radical (unpaired) electrons. The van der Waals surface area contributed by atoms with Gasteiger partial charge in [0.15, 0.2) is 0 Å². The Labute approximate surface area is 137 Å². The SMILES string of the molecule is [B]B([B][C@@H]1O[C@H](COC)C(O)[C@@H]1O)[C@@H]1O[C@H](CO)C(OC)[C@@H]1O. The van der Waals surface area contributed by atoms with Gasteiger partial charge in [-0.3, -0.25) is 0 Å². The van der Waals surface area contributed by atoms with Gasteiger partial charge in [0.25, 0.3) is 0 Å². The molecule has 2 heterocycles. The predicted molar refractivity (Wildman–Crippen MR) is 82.4 cm³/mol. The van der Waals surface area contributed by atoms with Gasteiger partial charge < -0.3 is 39.4 Å². The van der Waals surface area contributed by atoms with Gasteiger partial charge in [-0.2, -0.15) is 0 Å². The first kappa shape index (κ1) is 19.2. The summed E-state index contributed by atoms with van der Waals surface area (Å²) in [7, 11) is 10.4. The molecule has 2 fully saturated rings. The lowest BCUT2D eigenvalue weighted by atomic mass is 9.07. The number of aliphatic hydroxyl groups excluding tert-OH is 4. The zero-order valence-electron chi connectivity index (χ0n) is 13.2. The van der Waals surface area contributed by atoms with Gasteiger partial charge in [-0.05, 0) is 0 Å². The summed E-state index contributed by atoms with van der Waals surface area (Å²) in [5, 5.41) is 39.4. The van der Waals surface area contributed by atoms with E-state index in [0.29, 0.717) is 0 Å². The van der Waals surface area contributed by atoms with E-state index in [0.717, 1.165) is 0 Å². The van der Waals surface area contributed by atoms with Crippen LogP contribution < -0.4 is 0 Å². The van der Waals surface area contributed by atoms with Crippen molar-refractivity contribution in [1.29, 1.82) is 0 Å². The number of methoxy groups -OCH3 is 2. The molecule has 2 unspecified atom stereocenters. The van der Waals surface area contributed by atoms with Crippen molar-refractivity contribution in [2.24, 2.45) is 0 Å². The lowest BCUT2D eigenvalue weighted by Crippen LogP contribution is -2.52. The Hall–Kier alpha value is -0.125. The molecule has 127 valence electrons. The molecule has 2 aliphatic rings. The van der Waals surface area contributed by atoms with Crippen molar-refractivity contribution in [2.75, 3.05) is 27.4 Å². The van der Waals surface area contributed by atoms with E-state index in [1.165, 1.54) is 21.4 Å². The van der Waals surface area contributed by atoms with E-state index in [-0.39, 0.29) is 13.2 Å². The lowest BCUT2D eigenvalue weighted by molar-refractivity contribution is -0.0318. The Balaban J connectivity index is 1.95. The van der Waals surface area contributed by atoms with Gasteiger partial charge in [0, 0.05) is 34.0 Å². The van der Waals surface area contributed by atoms with Gasteiger partial charge in [0.05, 0.1) is 25.8 Å². The number of ether oxygens (including phenoxy) is 4. The summed E-state index contributed by atoms with van der Waals surface area (Å²) < 4.78 is 21.1. The van der Waals surface area contributed by atoms with E-state index in [4.69, 9.17) is 26.7 Å². The van der Waals surface area contributed by atoms with Crippen LogP contribution in [0.3, 0.4) is 0 Å². The number of aliphatic hydroxyl groups is 4. The molecule has 0 bridgehead atoms. The Morgan fingerprint density at radius 1 is 1.09 bits per heavy atom. The van der Waals surface area contributed by atoms with Gasteiger partial charge in [-0.15, -0.1) is 0 Å². The van der Waals surface area contributed by atoms with E-state index < -0.39 is 55.1 Å². The minimum absolute atomic E-state index is 0.138. The molecule has 2 saturated heterocycles. The minimum Gasteiger partial charge on any atom is -0.394 e. The number of hydrogen-bond donors (Lipinski definition) is 4. The highest BCUT2D eigenvalue weighted by Crippen LogP contribution is 2.26. The molecule has 0 spiro atoms. The summed E-state index contributed by atoms with van der Waals surface area (Å²) in [5.74, 6) is 0. The molecule has 2 aliphatic heterocycles. The van der Waals surface area contributed by atoms with Crippen molar-refractivity contribution in [3.8, 4) is 0 Å². The van der Waals surface area contributed by atoms with Gasteiger partial charge >= 0.3 is 0 Å². The largest absolute Gasteiger partial charge is 0.394 e. The second-order valence-electron chi connectivity index (χ2n) is 5.86. The topological polar surface area (TPSA) is 118 Å². The normalized spacial score (nSPS) is 43.7. The van der Waals surface area contributed by atoms with Crippen LogP contribution in [-0.4, -0.2) is 118 Å². The molecular weight excluding hydrogens is 305 g/mol. The van der Waals surface area contributed by atoms with Gasteiger partial charge in [-0.1, -0.05) is 0 Å². The summed E-state index contributed by atoms with van der Waals surface area (Å²) in [6.45, 7) is -0.957. The van der Waals surface area contributed by atoms with Gasteiger partial charge in [-0.25, -0.2) is 0 Å². The fraction of sp³-hybridized carbons (Fsp3) is 1.00. The fourth-order valence-corrected chi connectivity index (χ4v) is 3.09. The van der Waals surface area contributed by atoms with E-state index >= 15 is 0 Å². The second-order valence-corrected chi connectivity index (χ2v) is 5.86. The van der Waals surface area contributed by atoms with E-state index in [9.17, 15) is 20.4 Å². The molecule has 11 heteroatoms. The second kappa shape index (κ2) is 8.31. The monoisotopic (exact) mass is 327 g/mol. The van der Waals surface area contributed by atoms with Gasteiger partial charge in [0.1, 0.15) is 37.7 Å². The smallest absolute Gasteiger partial charge is 0.113 e. The molecule has 0 aliphatic carbocycles. The van der Waals surface area contributed by atoms with Crippen LogP contribution in [-0.2, 0) is 18.9 Å². The fourth-order valence-electron chi connectivity index (χ4n) is 3.09. The Kier molecular flexibility index (Phi) is 6.94. The highest BCUT2D eigenvalue weighted by atomic mass is 16.6. The number of hydrogen-bond acceptors (Lipinski definition) is 8. The first-order valence-corrected chi connectivity index (χ1v) is 7.52. The molecule has 8 nitrogen and oxygen atoms in total. The average molecular weight is 327 g/mol. The molecule has 4 N–H and O–H groups in total. The maximum atomic E-state index is 10.2. The highest BCUT2D eigenvalue weighted by molar-refractivity contribution is 7.35. The Morgan fingerprint density at radius 3 is 2.30 bits per heavy atom. The summed E-state index contributed by atoms with van der Waals surface area (Å²) in [6, 6.07) is -1.63. The maximum Gasteiger partial charge on any atom is 0.113 e. The predicted octanol–water partition coefficient (Wildman–Crippen LogP) is -3.88. The van der Waals surface area contributed by atoms with Crippen LogP contribution in [0, 0.1) is 0 Å². The molecule has 2 rings (SSSR count). The molecule has 23 heavy (non-hydrogen) atoms. The molecule has 0 aromatic heterocycles. The van der Waals surface area contributed by atoms with Crippen LogP contribution >= 0.6 is 0 Å². The summed E-state index contributed by atoms with van der Waals surface area (Å²) >= 11 is 0. The van der Waals surface area contributed by atoms with E-state index in [1.54, 1.807) is 0 Å². The quantitative estimate of drug-likeness (QED) is 0.351. The first-order valence-electron chi connectivity index (χ1n) is 7.52. The summed E-state index contributed by atoms with van der Waals surface area (Å²) in [4.78, 5) is 0. The summed E-state index contributed by atoms with van der Waals surface area (Å²) in [6.07, 6.45) is -5.29. The molecule has 0 amide bonds. The molecular formula is C12H22B3O8. The zero-order valence-corrected chi connectivity index (χ0v) is 13.2.